The van der Waals surface area contributed by atoms with Crippen molar-refractivity contribution < 1.29 is 4.39 Å². The van der Waals surface area contributed by atoms with E-state index in [1.54, 1.807) is 6.07 Å². The molecule has 0 radical (unpaired) electrons. The molecule has 0 amide bonds. The van der Waals surface area contributed by atoms with Crippen LogP contribution in [0.25, 0.3) is 45.5 Å². The molecule has 34 heavy (non-hydrogen) atoms. The second-order valence-corrected chi connectivity index (χ2v) is 9.72. The van der Waals surface area contributed by atoms with Gasteiger partial charge in [0.2, 0.25) is 0 Å². The number of fused-ring (bicyclic) bond motifs is 4. The van der Waals surface area contributed by atoms with Crippen LogP contribution in [0.5, 0.6) is 0 Å². The lowest BCUT2D eigenvalue weighted by atomic mass is 9.73. The SMILES string of the molecule is CCC1c2cc(Cl)ccc2-c2c(C)nc3c(c2-c2ccccc2-c2ccccc2F)=CC1CC=3. The quantitative estimate of drug-likeness (QED) is 0.310. The Morgan fingerprint density at radius 2 is 1.65 bits per heavy atom. The van der Waals surface area contributed by atoms with Crippen molar-refractivity contribution in [2.75, 3.05) is 0 Å². The Morgan fingerprint density at radius 1 is 0.912 bits per heavy atom. The topological polar surface area (TPSA) is 12.9 Å². The molecule has 3 aromatic carbocycles. The first-order chi connectivity index (χ1) is 16.6. The number of nitrogens with zero attached hydrogens (tertiary/aromatic N) is 1. The van der Waals surface area contributed by atoms with Gasteiger partial charge >= 0.3 is 0 Å². The van der Waals surface area contributed by atoms with Gasteiger partial charge in [-0.15, -0.1) is 0 Å². The first kappa shape index (κ1) is 21.3. The molecule has 0 aliphatic heterocycles. The van der Waals surface area contributed by atoms with E-state index >= 15 is 0 Å². The summed E-state index contributed by atoms with van der Waals surface area (Å²) in [5.41, 5.74) is 8.26. The van der Waals surface area contributed by atoms with E-state index in [-0.39, 0.29) is 5.82 Å². The highest BCUT2D eigenvalue weighted by Gasteiger charge is 2.30. The molecule has 0 saturated heterocycles. The third-order valence-corrected chi connectivity index (χ3v) is 7.64. The molecular weight excluding hydrogens is 441 g/mol. The highest BCUT2D eigenvalue weighted by atomic mass is 35.5. The van der Waals surface area contributed by atoms with Crippen LogP contribution in [0.4, 0.5) is 4.39 Å². The Morgan fingerprint density at radius 3 is 2.41 bits per heavy atom. The predicted molar refractivity (Wildman–Crippen MR) is 140 cm³/mol. The van der Waals surface area contributed by atoms with E-state index in [1.165, 1.54) is 22.4 Å². The summed E-state index contributed by atoms with van der Waals surface area (Å²) >= 11 is 6.52. The lowest BCUT2D eigenvalue weighted by molar-refractivity contribution is 0.525. The molecule has 0 spiro atoms. The van der Waals surface area contributed by atoms with Gasteiger partial charge in [-0.05, 0) is 72.1 Å². The van der Waals surface area contributed by atoms with Gasteiger partial charge in [-0.3, -0.25) is 4.98 Å². The number of pyridine rings is 1. The third-order valence-electron chi connectivity index (χ3n) is 7.41. The molecule has 168 valence electrons. The van der Waals surface area contributed by atoms with Crippen LogP contribution in [0, 0.1) is 18.7 Å². The van der Waals surface area contributed by atoms with Gasteiger partial charge < -0.3 is 0 Å². The summed E-state index contributed by atoms with van der Waals surface area (Å²) in [5, 5.41) is 2.95. The molecule has 2 atom stereocenters. The second kappa shape index (κ2) is 8.21. The zero-order valence-electron chi connectivity index (χ0n) is 19.3. The van der Waals surface area contributed by atoms with Crippen LogP contribution in [-0.2, 0) is 0 Å². The standard InChI is InChI=1S/C31H25ClFN/c1-3-21-19-12-15-29-27(16-19)31(30(18(2)34-29)25-14-13-20(32)17-26(21)25)24-10-5-4-8-22(24)23-9-6-7-11-28(23)33/h4-11,13-17,19,21H,3,12H2,1-2H3. The predicted octanol–water partition coefficient (Wildman–Crippen LogP) is 7.27. The number of hydrogen-bond donors (Lipinski definition) is 0. The highest BCUT2D eigenvalue weighted by Crippen LogP contribution is 2.45. The number of halogens is 2. The molecule has 0 fully saturated rings. The van der Waals surface area contributed by atoms with Crippen LogP contribution in [0.15, 0.2) is 66.7 Å². The van der Waals surface area contributed by atoms with Gasteiger partial charge in [0.25, 0.3) is 0 Å². The smallest absolute Gasteiger partial charge is 0.131 e. The fraction of sp³-hybridized carbons (Fsp3) is 0.194. The van der Waals surface area contributed by atoms with Gasteiger partial charge in [-0.2, -0.15) is 0 Å². The molecule has 2 aliphatic carbocycles. The second-order valence-electron chi connectivity index (χ2n) is 9.29. The first-order valence-corrected chi connectivity index (χ1v) is 12.3. The number of aryl methyl sites for hydroxylation is 1. The van der Waals surface area contributed by atoms with E-state index < -0.39 is 0 Å². The summed E-state index contributed by atoms with van der Waals surface area (Å²) in [7, 11) is 0. The summed E-state index contributed by atoms with van der Waals surface area (Å²) in [5.74, 6) is 0.535. The maximum Gasteiger partial charge on any atom is 0.131 e. The molecule has 3 heteroatoms. The number of hydrogen-bond acceptors (Lipinski definition) is 1. The monoisotopic (exact) mass is 465 g/mol. The van der Waals surface area contributed by atoms with E-state index in [0.717, 1.165) is 51.2 Å². The van der Waals surface area contributed by atoms with E-state index in [4.69, 9.17) is 16.6 Å². The fourth-order valence-corrected chi connectivity index (χ4v) is 6.10. The number of aromatic nitrogens is 1. The van der Waals surface area contributed by atoms with Crippen LogP contribution >= 0.6 is 11.6 Å². The Bertz CT molecular complexity index is 1570. The van der Waals surface area contributed by atoms with Crippen molar-refractivity contribution in [1.29, 1.82) is 0 Å². The summed E-state index contributed by atoms with van der Waals surface area (Å²) < 4.78 is 15.0. The lowest BCUT2D eigenvalue weighted by Gasteiger charge is -2.32. The van der Waals surface area contributed by atoms with Crippen molar-refractivity contribution in [3.8, 4) is 33.4 Å². The van der Waals surface area contributed by atoms with Crippen LogP contribution in [0.3, 0.4) is 0 Å². The normalized spacial score (nSPS) is 17.9. The molecule has 4 aromatic rings. The Labute approximate surface area is 204 Å². The molecule has 0 N–H and O–H groups in total. The van der Waals surface area contributed by atoms with Crippen LogP contribution in [0.1, 0.15) is 36.9 Å². The van der Waals surface area contributed by atoms with Gasteiger partial charge in [-0.25, -0.2) is 4.39 Å². The van der Waals surface area contributed by atoms with Gasteiger partial charge in [0.05, 0.1) is 5.35 Å². The minimum atomic E-state index is -0.213. The van der Waals surface area contributed by atoms with Crippen molar-refractivity contribution >= 4 is 23.8 Å². The molecule has 2 aliphatic rings. The van der Waals surface area contributed by atoms with Crippen LogP contribution in [0.2, 0.25) is 5.02 Å². The maximum atomic E-state index is 15.0. The number of rotatable bonds is 3. The van der Waals surface area contributed by atoms with Gasteiger partial charge in [-0.1, -0.05) is 79.2 Å². The number of benzene rings is 3. The Hall–Kier alpha value is -3.23. The van der Waals surface area contributed by atoms with E-state index in [0.29, 0.717) is 17.4 Å². The summed E-state index contributed by atoms with van der Waals surface area (Å²) in [6.45, 7) is 4.35. The zero-order chi connectivity index (χ0) is 23.4. The van der Waals surface area contributed by atoms with Gasteiger partial charge in [0.1, 0.15) is 5.82 Å². The van der Waals surface area contributed by atoms with Crippen LogP contribution in [-0.4, -0.2) is 4.98 Å². The van der Waals surface area contributed by atoms with Gasteiger partial charge in [0, 0.05) is 32.6 Å². The Kier molecular flexibility index (Phi) is 5.15. The average molecular weight is 466 g/mol. The van der Waals surface area contributed by atoms with E-state index in [9.17, 15) is 4.39 Å². The molecule has 3 bridgehead atoms. The minimum Gasteiger partial charge on any atom is -0.253 e. The summed E-state index contributed by atoms with van der Waals surface area (Å²) in [4.78, 5) is 5.04. The Balaban J connectivity index is 1.78. The van der Waals surface area contributed by atoms with E-state index in [1.807, 2.05) is 36.4 Å². The molecule has 1 nitrogen and oxygen atoms in total. The molecule has 0 saturated carbocycles. The van der Waals surface area contributed by atoms with Crippen LogP contribution < -0.4 is 10.6 Å². The van der Waals surface area contributed by atoms with Crippen molar-refractivity contribution in [3.63, 3.8) is 0 Å². The van der Waals surface area contributed by atoms with Crippen molar-refractivity contribution in [1.82, 2.24) is 4.98 Å². The van der Waals surface area contributed by atoms with Gasteiger partial charge in [0.15, 0.2) is 0 Å². The third kappa shape index (κ3) is 3.24. The fourth-order valence-electron chi connectivity index (χ4n) is 5.92. The van der Waals surface area contributed by atoms with Crippen molar-refractivity contribution in [3.05, 3.63) is 99.4 Å². The minimum absolute atomic E-state index is 0.213. The first-order valence-electron chi connectivity index (χ1n) is 11.9. The largest absolute Gasteiger partial charge is 0.253 e. The maximum absolute atomic E-state index is 15.0. The zero-order valence-corrected chi connectivity index (χ0v) is 20.0. The van der Waals surface area contributed by atoms with Crippen molar-refractivity contribution in [2.24, 2.45) is 5.92 Å². The molecular formula is C31H25ClFN. The molecule has 6 rings (SSSR count). The molecule has 1 aromatic heterocycles. The lowest BCUT2D eigenvalue weighted by Crippen LogP contribution is -2.37. The molecule has 1 heterocycles. The van der Waals surface area contributed by atoms with E-state index in [2.05, 4.69) is 44.2 Å². The van der Waals surface area contributed by atoms with Crippen molar-refractivity contribution in [2.45, 2.75) is 32.6 Å². The average Bonchev–Trinajstić information content (AvgIpc) is 2.84. The highest BCUT2D eigenvalue weighted by molar-refractivity contribution is 6.30. The summed E-state index contributed by atoms with van der Waals surface area (Å²) in [6, 6.07) is 21.4. The summed E-state index contributed by atoms with van der Waals surface area (Å²) in [6.07, 6.45) is 6.69. The molecule has 2 unspecified atom stereocenters.